The molecular formula is C37H60N6O7S. The van der Waals surface area contributed by atoms with E-state index >= 15 is 0 Å². The molecule has 51 heavy (non-hydrogen) atoms. The number of hydrogen-bond acceptors (Lipinski definition) is 9. The Morgan fingerprint density at radius 2 is 1.31 bits per heavy atom. The fourth-order valence-electron chi connectivity index (χ4n) is 6.39. The van der Waals surface area contributed by atoms with Crippen molar-refractivity contribution >= 4 is 46.3 Å². The van der Waals surface area contributed by atoms with E-state index < -0.39 is 89.2 Å². The van der Waals surface area contributed by atoms with E-state index in [0.29, 0.717) is 36.6 Å². The van der Waals surface area contributed by atoms with Crippen molar-refractivity contribution in [1.29, 1.82) is 0 Å². The number of carbonyl (C=O) groups is 5. The Balaban J connectivity index is 2.13. The van der Waals surface area contributed by atoms with Gasteiger partial charge < -0.3 is 35.6 Å². The summed E-state index contributed by atoms with van der Waals surface area (Å²) in [5.41, 5.74) is -1.63. The second-order valence-corrected chi connectivity index (χ2v) is 16.7. The van der Waals surface area contributed by atoms with Crippen molar-refractivity contribution in [2.75, 3.05) is 12.3 Å². The Kier molecular flexibility index (Phi) is 14.5. The van der Waals surface area contributed by atoms with Crippen molar-refractivity contribution in [3.63, 3.8) is 0 Å². The molecule has 0 aromatic carbocycles. The predicted molar refractivity (Wildman–Crippen MR) is 200 cm³/mol. The first-order chi connectivity index (χ1) is 23.7. The Morgan fingerprint density at radius 1 is 0.804 bits per heavy atom. The van der Waals surface area contributed by atoms with E-state index in [0.717, 1.165) is 0 Å². The van der Waals surface area contributed by atoms with Gasteiger partial charge in [0.15, 0.2) is 0 Å². The van der Waals surface area contributed by atoms with Gasteiger partial charge in [-0.15, -0.1) is 24.9 Å². The van der Waals surface area contributed by atoms with Crippen LogP contribution in [0.1, 0.15) is 88.5 Å². The largest absolute Gasteiger partial charge is 0.366 e. The first-order valence-corrected chi connectivity index (χ1v) is 19.0. The molecule has 0 aliphatic carbocycles. The van der Waals surface area contributed by atoms with Crippen LogP contribution in [0.3, 0.4) is 0 Å². The van der Waals surface area contributed by atoms with Crippen LogP contribution >= 0.6 is 11.8 Å². The zero-order valence-corrected chi connectivity index (χ0v) is 32.9. The zero-order chi connectivity index (χ0) is 38.4. The SMILES string of the molecule is C=CC(C)(C)OC(C)C1NC(=O)[C@@H]2CCCN2C(=O)C(C(C)C)NC(=O)[C@H]([C@@H](C)OC(C)(C)C=C)NC(=O)[C@H]2CSC(=N2)[C@H](CC(C)C)NC1=O. The minimum atomic E-state index is -1.18. The monoisotopic (exact) mass is 732 g/mol. The summed E-state index contributed by atoms with van der Waals surface area (Å²) in [6.07, 6.45) is 3.08. The van der Waals surface area contributed by atoms with Gasteiger partial charge in [0.25, 0.3) is 0 Å². The second-order valence-electron chi connectivity index (χ2n) is 15.6. The third-order valence-electron chi connectivity index (χ3n) is 9.43. The number of hydrogen-bond donors (Lipinski definition) is 4. The molecule has 4 N–H and O–H groups in total. The molecule has 8 atom stereocenters. The van der Waals surface area contributed by atoms with Gasteiger partial charge in [0.1, 0.15) is 30.2 Å². The number of carbonyl (C=O) groups excluding carboxylic acids is 5. The highest BCUT2D eigenvalue weighted by Crippen LogP contribution is 2.26. The van der Waals surface area contributed by atoms with E-state index in [-0.39, 0.29) is 11.8 Å². The second kappa shape index (κ2) is 17.5. The molecule has 3 unspecified atom stereocenters. The highest BCUT2D eigenvalue weighted by molar-refractivity contribution is 8.14. The molecule has 1 saturated heterocycles. The minimum Gasteiger partial charge on any atom is -0.366 e. The number of aliphatic imine (C=N–C) groups is 1. The van der Waals surface area contributed by atoms with Crippen molar-refractivity contribution in [3.8, 4) is 0 Å². The van der Waals surface area contributed by atoms with Crippen LogP contribution in [-0.2, 0) is 33.4 Å². The molecule has 1 fully saturated rings. The van der Waals surface area contributed by atoms with E-state index in [1.165, 1.54) is 16.7 Å². The molecule has 14 heteroatoms. The first-order valence-electron chi connectivity index (χ1n) is 18.1. The third-order valence-corrected chi connectivity index (χ3v) is 10.6. The van der Waals surface area contributed by atoms with Gasteiger partial charge in [0.05, 0.1) is 34.5 Å². The summed E-state index contributed by atoms with van der Waals surface area (Å²) in [5.74, 6) is -2.39. The number of rotatable bonds is 11. The highest BCUT2D eigenvalue weighted by atomic mass is 32.2. The number of thioether (sulfide) groups is 1. The van der Waals surface area contributed by atoms with Gasteiger partial charge in [-0.3, -0.25) is 29.0 Å². The number of nitrogens with one attached hydrogen (secondary N) is 4. The quantitative estimate of drug-likeness (QED) is 0.236. The summed E-state index contributed by atoms with van der Waals surface area (Å²) in [4.78, 5) is 76.5. The molecule has 2 bridgehead atoms. The number of fused-ring (bicyclic) bond motifs is 2. The van der Waals surface area contributed by atoms with Gasteiger partial charge in [-0.05, 0) is 72.6 Å². The molecule has 13 nitrogen and oxygen atoms in total. The Bertz CT molecular complexity index is 1360. The summed E-state index contributed by atoms with van der Waals surface area (Å²) in [6.45, 7) is 26.2. The molecule has 3 rings (SSSR count). The Labute approximate surface area is 307 Å². The lowest BCUT2D eigenvalue weighted by atomic mass is 10.00. The number of amides is 5. The van der Waals surface area contributed by atoms with Crippen molar-refractivity contribution in [2.45, 2.75) is 148 Å². The van der Waals surface area contributed by atoms with Gasteiger partial charge in [-0.2, -0.15) is 0 Å². The van der Waals surface area contributed by atoms with Gasteiger partial charge in [-0.25, -0.2) is 0 Å². The fourth-order valence-corrected chi connectivity index (χ4v) is 7.50. The van der Waals surface area contributed by atoms with Gasteiger partial charge >= 0.3 is 0 Å². The van der Waals surface area contributed by atoms with Crippen molar-refractivity contribution in [3.05, 3.63) is 25.3 Å². The highest BCUT2D eigenvalue weighted by Gasteiger charge is 2.43. The van der Waals surface area contributed by atoms with Crippen LogP contribution < -0.4 is 21.3 Å². The number of ether oxygens (including phenoxy) is 2. The predicted octanol–water partition coefficient (Wildman–Crippen LogP) is 2.89. The summed E-state index contributed by atoms with van der Waals surface area (Å²) in [7, 11) is 0. The lowest BCUT2D eigenvalue weighted by Crippen LogP contribution is -2.62. The van der Waals surface area contributed by atoms with Gasteiger partial charge in [-0.1, -0.05) is 39.8 Å². The molecule has 0 radical (unpaired) electrons. The molecule has 0 spiro atoms. The van der Waals surface area contributed by atoms with Crippen LogP contribution in [0.2, 0.25) is 0 Å². The maximum absolute atomic E-state index is 14.2. The van der Waals surface area contributed by atoms with Crippen LogP contribution in [-0.4, -0.2) is 111 Å². The Morgan fingerprint density at radius 3 is 1.82 bits per heavy atom. The van der Waals surface area contributed by atoms with E-state index in [4.69, 9.17) is 14.5 Å². The van der Waals surface area contributed by atoms with Gasteiger partial charge in [0, 0.05) is 12.3 Å². The third kappa shape index (κ3) is 11.1. The van der Waals surface area contributed by atoms with Crippen LogP contribution in [0.25, 0.3) is 0 Å². The smallest absolute Gasteiger partial charge is 0.246 e. The van der Waals surface area contributed by atoms with Crippen LogP contribution in [0.4, 0.5) is 0 Å². The van der Waals surface area contributed by atoms with Crippen LogP contribution in [0, 0.1) is 11.8 Å². The average molecular weight is 733 g/mol. The molecule has 3 heterocycles. The summed E-state index contributed by atoms with van der Waals surface area (Å²) >= 11 is 1.36. The molecule has 5 amide bonds. The standard InChI is InChI=1S/C37H60N6O7S/c1-13-36(9,10)49-22(7)28-32(46)38-24(18-20(3)4)34-39-25(19-51-34)30(44)41-29(23(8)50-37(11,12)14-2)33(47)40-27(21(5)6)35(48)43-17-15-16-26(43)31(45)42-28/h13-14,20-29H,1-2,15-19H2,3-12H3,(H,38,46)(H,40,47)(H,41,44)(H,42,45)/t22?,23-,24+,25-,26+,27?,28?,29+/m1/s1. The van der Waals surface area contributed by atoms with E-state index in [2.05, 4.69) is 34.4 Å². The van der Waals surface area contributed by atoms with Gasteiger partial charge in [0.2, 0.25) is 29.5 Å². The van der Waals surface area contributed by atoms with E-state index in [1.807, 2.05) is 27.7 Å². The molecule has 3 aliphatic rings. The minimum absolute atomic E-state index is 0.150. The maximum atomic E-state index is 14.2. The molecule has 0 saturated carbocycles. The molecule has 0 aromatic rings. The van der Waals surface area contributed by atoms with Crippen LogP contribution in [0.15, 0.2) is 30.3 Å². The lowest BCUT2D eigenvalue weighted by Gasteiger charge is -2.35. The zero-order valence-electron chi connectivity index (χ0n) is 32.0. The van der Waals surface area contributed by atoms with Crippen molar-refractivity contribution in [1.82, 2.24) is 26.2 Å². The van der Waals surface area contributed by atoms with E-state index in [1.54, 1.807) is 53.7 Å². The summed E-state index contributed by atoms with van der Waals surface area (Å²) in [5, 5.41) is 12.3. The molecule has 286 valence electrons. The van der Waals surface area contributed by atoms with Crippen molar-refractivity contribution in [2.24, 2.45) is 16.8 Å². The fraction of sp³-hybridized carbons (Fsp3) is 0.730. The summed E-state index contributed by atoms with van der Waals surface area (Å²) < 4.78 is 12.4. The molecule has 3 aliphatic heterocycles. The maximum Gasteiger partial charge on any atom is 0.246 e. The molecular weight excluding hydrogens is 673 g/mol. The first kappa shape index (κ1) is 42.2. The van der Waals surface area contributed by atoms with Crippen molar-refractivity contribution < 1.29 is 33.4 Å². The van der Waals surface area contributed by atoms with Crippen LogP contribution in [0.5, 0.6) is 0 Å². The number of nitrogens with zero attached hydrogens (tertiary/aromatic N) is 2. The normalized spacial score (nSPS) is 28.5. The topological polar surface area (TPSA) is 168 Å². The molecule has 0 aromatic heterocycles. The summed E-state index contributed by atoms with van der Waals surface area (Å²) in [6, 6.07) is -5.59. The van der Waals surface area contributed by atoms with E-state index in [9.17, 15) is 24.0 Å². The Hall–Kier alpha value is -3.23. The lowest BCUT2D eigenvalue weighted by molar-refractivity contribution is -0.145. The average Bonchev–Trinajstić information content (AvgIpc) is 3.74.